The van der Waals surface area contributed by atoms with Gasteiger partial charge < -0.3 is 14.4 Å². The van der Waals surface area contributed by atoms with Crippen LogP contribution >= 0.6 is 28.4 Å². The summed E-state index contributed by atoms with van der Waals surface area (Å²) >= 11 is 2.30. The molecular formula is C22H30IN6O3P. The monoisotopic (exact) mass is 584 g/mol. The summed E-state index contributed by atoms with van der Waals surface area (Å²) in [5.74, 6) is 0.600. The number of likely N-dealkylation sites (N-methyl/N-ethyl adjacent to an activating group) is 1. The Hall–Kier alpha value is -2.20. The Kier molecular flexibility index (Phi) is 8.00. The Bertz CT molecular complexity index is 1170. The Morgan fingerprint density at radius 2 is 2.09 bits per heavy atom. The third-order valence-electron chi connectivity index (χ3n) is 4.93. The first-order chi connectivity index (χ1) is 15.6. The molecule has 3 aromatic heterocycles. The molecule has 3 heterocycles. The first kappa shape index (κ1) is 25.4. The molecule has 178 valence electrons. The number of pyridine rings is 1. The molecule has 0 saturated carbocycles. The molecule has 3 rings (SSSR count). The molecule has 1 amide bonds. The fourth-order valence-electron chi connectivity index (χ4n) is 3.44. The summed E-state index contributed by atoms with van der Waals surface area (Å²) in [4.78, 5) is 18.7. The third kappa shape index (κ3) is 5.66. The lowest BCUT2D eigenvalue weighted by atomic mass is 10.1. The molecule has 9 nitrogen and oxygen atoms in total. The van der Waals surface area contributed by atoms with Crippen LogP contribution in [0.1, 0.15) is 39.1 Å². The highest BCUT2D eigenvalue weighted by molar-refractivity contribution is 14.2. The Morgan fingerprint density at radius 3 is 2.70 bits per heavy atom. The normalized spacial score (nSPS) is 12.0. The van der Waals surface area contributed by atoms with Gasteiger partial charge in [-0.25, -0.2) is 13.9 Å². The predicted octanol–water partition coefficient (Wildman–Crippen LogP) is 5.21. The van der Waals surface area contributed by atoms with Crippen LogP contribution in [0.5, 0.6) is 5.88 Å². The van der Waals surface area contributed by atoms with Crippen LogP contribution in [0.2, 0.25) is 0 Å². The van der Waals surface area contributed by atoms with Crippen LogP contribution in [-0.4, -0.2) is 60.6 Å². The molecule has 0 spiro atoms. The van der Waals surface area contributed by atoms with Gasteiger partial charge in [-0.3, -0.25) is 4.98 Å². The highest BCUT2D eigenvalue weighted by Crippen LogP contribution is 2.36. The number of halogens is 1. The second-order valence-corrected chi connectivity index (χ2v) is 10.5. The molecule has 11 heteroatoms. The van der Waals surface area contributed by atoms with Crippen molar-refractivity contribution >= 4 is 51.5 Å². The van der Waals surface area contributed by atoms with Crippen LogP contribution in [0.4, 0.5) is 4.79 Å². The molecule has 0 N–H and O–H groups in total. The third-order valence-corrected chi connectivity index (χ3v) is 6.80. The summed E-state index contributed by atoms with van der Waals surface area (Å²) in [7, 11) is 1.83. The van der Waals surface area contributed by atoms with Crippen LogP contribution in [0.3, 0.4) is 0 Å². The molecule has 0 aliphatic rings. The lowest BCUT2D eigenvalue weighted by Gasteiger charge is -2.26. The van der Waals surface area contributed by atoms with Gasteiger partial charge in [0.2, 0.25) is 5.88 Å². The van der Waals surface area contributed by atoms with Crippen molar-refractivity contribution in [3.8, 4) is 17.1 Å². The summed E-state index contributed by atoms with van der Waals surface area (Å²) < 4.78 is 15.2. The van der Waals surface area contributed by atoms with Gasteiger partial charge in [0.05, 0.1) is 47.3 Å². The first-order valence-electron chi connectivity index (χ1n) is 10.6. The minimum absolute atomic E-state index is 0.299. The van der Waals surface area contributed by atoms with Crippen molar-refractivity contribution in [2.24, 2.45) is 7.05 Å². The van der Waals surface area contributed by atoms with E-state index >= 15 is 0 Å². The summed E-state index contributed by atoms with van der Waals surface area (Å²) in [6.45, 7) is 14.5. The van der Waals surface area contributed by atoms with Gasteiger partial charge in [0, 0.05) is 19.0 Å². The quantitative estimate of drug-likeness (QED) is 0.267. The van der Waals surface area contributed by atoms with Crippen molar-refractivity contribution in [1.82, 2.24) is 29.2 Å². The van der Waals surface area contributed by atoms with Gasteiger partial charge in [0.15, 0.2) is 0 Å². The second-order valence-electron chi connectivity index (χ2n) is 8.47. The van der Waals surface area contributed by atoms with E-state index in [2.05, 4.69) is 43.8 Å². The maximum atomic E-state index is 12.4. The van der Waals surface area contributed by atoms with Crippen molar-refractivity contribution in [1.29, 1.82) is 0 Å². The molecule has 0 aliphatic heterocycles. The Balaban J connectivity index is 1.85. The van der Waals surface area contributed by atoms with Crippen molar-refractivity contribution < 1.29 is 14.3 Å². The van der Waals surface area contributed by atoms with Crippen LogP contribution in [-0.2, 0) is 11.8 Å². The van der Waals surface area contributed by atoms with E-state index < -0.39 is 5.60 Å². The number of rotatable bonds is 8. The van der Waals surface area contributed by atoms with E-state index in [-0.39, 0.29) is 6.09 Å². The van der Waals surface area contributed by atoms with Gasteiger partial charge in [-0.2, -0.15) is 10.2 Å². The second kappa shape index (κ2) is 10.4. The number of hydrogen-bond donors (Lipinski definition) is 0. The predicted molar refractivity (Wildman–Crippen MR) is 141 cm³/mol. The maximum Gasteiger partial charge on any atom is 0.410 e. The van der Waals surface area contributed by atoms with Crippen molar-refractivity contribution in [3.05, 3.63) is 30.2 Å². The van der Waals surface area contributed by atoms with E-state index in [1.807, 2.05) is 58.4 Å². The van der Waals surface area contributed by atoms with Gasteiger partial charge in [-0.05, 0) is 68.8 Å². The number of nitrogens with zero attached hydrogens (tertiary/aromatic N) is 6. The van der Waals surface area contributed by atoms with E-state index in [4.69, 9.17) is 9.47 Å². The van der Waals surface area contributed by atoms with Gasteiger partial charge in [-0.1, -0.05) is 6.58 Å². The summed E-state index contributed by atoms with van der Waals surface area (Å²) in [5, 5.41) is 10.1. The SMILES string of the molecule is C=Cc1nn(PI)c2cnc(-c3c(C)nn(C)c3OCCN(CC)C(=O)OC(C)(C)C)cc12. The minimum Gasteiger partial charge on any atom is -0.475 e. The van der Waals surface area contributed by atoms with Gasteiger partial charge >= 0.3 is 6.09 Å². The highest BCUT2D eigenvalue weighted by atomic mass is 127. The summed E-state index contributed by atoms with van der Waals surface area (Å²) in [6.07, 6.45) is 3.69. The topological polar surface area (TPSA) is 87.3 Å². The average molecular weight is 584 g/mol. The molecule has 0 radical (unpaired) electrons. The van der Waals surface area contributed by atoms with E-state index in [9.17, 15) is 4.79 Å². The van der Waals surface area contributed by atoms with Crippen molar-refractivity contribution in [2.45, 2.75) is 40.2 Å². The Labute approximate surface area is 208 Å². The minimum atomic E-state index is -0.544. The van der Waals surface area contributed by atoms with Crippen molar-refractivity contribution in [2.75, 3.05) is 19.7 Å². The number of amides is 1. The molecular weight excluding hydrogens is 554 g/mol. The standard InChI is InChI=1S/C22H30IN6O3P/c1-8-16-15-12-17(24-13-18(15)29(26-16)33-23)19-14(3)25-27(7)20(19)31-11-10-28(9-2)21(30)32-22(4,5)6/h8,12-13,33H,1,9-11H2,2-7H3. The molecule has 0 fully saturated rings. The number of fused-ring (bicyclic) bond motifs is 1. The smallest absolute Gasteiger partial charge is 0.410 e. The lowest BCUT2D eigenvalue weighted by Crippen LogP contribution is -2.39. The van der Waals surface area contributed by atoms with Crippen LogP contribution in [0, 0.1) is 6.92 Å². The van der Waals surface area contributed by atoms with Gasteiger partial charge in [0.1, 0.15) is 12.2 Å². The number of aromatic nitrogens is 5. The molecule has 3 aromatic rings. The van der Waals surface area contributed by atoms with Crippen LogP contribution in [0.25, 0.3) is 28.2 Å². The molecule has 1 unspecified atom stereocenters. The van der Waals surface area contributed by atoms with E-state index in [0.717, 1.165) is 33.5 Å². The summed E-state index contributed by atoms with van der Waals surface area (Å²) in [6, 6.07) is 2.00. The molecule has 1 atom stereocenters. The first-order valence-corrected chi connectivity index (χ1v) is 14.7. The van der Waals surface area contributed by atoms with E-state index in [1.54, 1.807) is 15.7 Å². The van der Waals surface area contributed by atoms with Crippen LogP contribution < -0.4 is 4.74 Å². The van der Waals surface area contributed by atoms with Gasteiger partial charge in [0.25, 0.3) is 0 Å². The number of ether oxygens (including phenoxy) is 2. The van der Waals surface area contributed by atoms with Crippen LogP contribution in [0.15, 0.2) is 18.8 Å². The number of carbonyl (C=O) groups is 1. The fourth-order valence-corrected chi connectivity index (χ4v) is 4.96. The van der Waals surface area contributed by atoms with E-state index in [0.29, 0.717) is 32.0 Å². The summed E-state index contributed by atoms with van der Waals surface area (Å²) in [5.41, 5.74) is 3.61. The maximum absolute atomic E-state index is 12.4. The fraction of sp³-hybridized carbons (Fsp3) is 0.455. The Morgan fingerprint density at radius 1 is 1.36 bits per heavy atom. The molecule has 0 aliphatic carbocycles. The average Bonchev–Trinajstić information content (AvgIpc) is 3.25. The van der Waals surface area contributed by atoms with Gasteiger partial charge in [-0.15, -0.1) is 0 Å². The number of aryl methyl sites for hydroxylation is 2. The highest BCUT2D eigenvalue weighted by Gasteiger charge is 2.23. The zero-order chi connectivity index (χ0) is 24.3. The zero-order valence-corrected chi connectivity index (χ0v) is 23.0. The number of carbonyl (C=O) groups excluding carboxylic acids is 1. The molecule has 0 bridgehead atoms. The molecule has 0 aromatic carbocycles. The molecule has 33 heavy (non-hydrogen) atoms. The molecule has 0 saturated heterocycles. The van der Waals surface area contributed by atoms with Crippen molar-refractivity contribution in [3.63, 3.8) is 0 Å². The zero-order valence-electron chi connectivity index (χ0n) is 19.8. The largest absolute Gasteiger partial charge is 0.475 e. The number of hydrogen-bond acceptors (Lipinski definition) is 6. The van der Waals surface area contributed by atoms with E-state index in [1.165, 1.54) is 0 Å². The lowest BCUT2D eigenvalue weighted by molar-refractivity contribution is 0.0235.